The number of nitrogens with zero attached hydrogens (tertiary/aromatic N) is 3. The van der Waals surface area contributed by atoms with Gasteiger partial charge in [0.1, 0.15) is 12.4 Å². The zero-order chi connectivity index (χ0) is 16.8. The summed E-state index contributed by atoms with van der Waals surface area (Å²) in [4.78, 5) is 22.0. The Balaban J connectivity index is 1.49. The molecule has 0 radical (unpaired) electrons. The van der Waals surface area contributed by atoms with Crippen molar-refractivity contribution in [2.24, 2.45) is 0 Å². The molecule has 2 aromatic rings. The van der Waals surface area contributed by atoms with Crippen LogP contribution in [0.25, 0.3) is 6.08 Å². The van der Waals surface area contributed by atoms with Crippen LogP contribution in [-0.2, 0) is 4.79 Å². The van der Waals surface area contributed by atoms with Crippen molar-refractivity contribution >= 4 is 23.6 Å². The lowest BCUT2D eigenvalue weighted by Gasteiger charge is -2.31. The Morgan fingerprint density at radius 3 is 2.62 bits per heavy atom. The third kappa shape index (κ3) is 4.55. The first-order valence-corrected chi connectivity index (χ1v) is 8.24. The molecule has 0 atom stereocenters. The molecule has 1 aromatic carbocycles. The van der Waals surface area contributed by atoms with Crippen molar-refractivity contribution < 1.29 is 9.53 Å². The van der Waals surface area contributed by atoms with E-state index < -0.39 is 0 Å². The molecule has 0 spiro atoms. The minimum absolute atomic E-state index is 0.0189. The van der Waals surface area contributed by atoms with Gasteiger partial charge in [0, 0.05) is 49.3 Å². The fourth-order valence-corrected chi connectivity index (χ4v) is 2.69. The highest BCUT2D eigenvalue weighted by Crippen LogP contribution is 2.17. The molecule has 6 heteroatoms. The van der Waals surface area contributed by atoms with E-state index in [1.165, 1.54) is 6.33 Å². The zero-order valence-corrected chi connectivity index (χ0v) is 13.9. The van der Waals surface area contributed by atoms with Crippen LogP contribution in [0.2, 0.25) is 5.02 Å². The standard InChI is InChI=1S/C18H18ClN3O2/c19-15-4-1-14(2-5-15)3-6-18(23)22-11-8-16(9-12-22)24-17-7-10-20-13-21-17/h1-7,10,13,16H,8-9,11-12H2/b6-3+. The molecular weight excluding hydrogens is 326 g/mol. The number of hydrogen-bond donors (Lipinski definition) is 0. The molecule has 1 fully saturated rings. The molecule has 1 aromatic heterocycles. The fourth-order valence-electron chi connectivity index (χ4n) is 2.56. The summed E-state index contributed by atoms with van der Waals surface area (Å²) in [5.74, 6) is 0.600. The molecule has 1 aliphatic rings. The number of ether oxygens (including phenoxy) is 1. The molecule has 1 amide bonds. The first kappa shape index (κ1) is 16.5. The minimum atomic E-state index is 0.0189. The maximum Gasteiger partial charge on any atom is 0.246 e. The summed E-state index contributed by atoms with van der Waals surface area (Å²) in [5, 5.41) is 0.684. The second kappa shape index (κ2) is 7.93. The number of piperidine rings is 1. The Morgan fingerprint density at radius 1 is 1.21 bits per heavy atom. The Kier molecular flexibility index (Phi) is 5.43. The second-order valence-electron chi connectivity index (χ2n) is 5.57. The first-order valence-electron chi connectivity index (χ1n) is 7.86. The quantitative estimate of drug-likeness (QED) is 0.800. The van der Waals surface area contributed by atoms with Crippen molar-refractivity contribution in [3.05, 3.63) is 59.5 Å². The van der Waals surface area contributed by atoms with Gasteiger partial charge in [-0.3, -0.25) is 4.79 Å². The summed E-state index contributed by atoms with van der Waals surface area (Å²) in [7, 11) is 0. The van der Waals surface area contributed by atoms with Crippen LogP contribution in [0.3, 0.4) is 0 Å². The fraction of sp³-hybridized carbons (Fsp3) is 0.278. The number of hydrogen-bond acceptors (Lipinski definition) is 4. The van der Waals surface area contributed by atoms with Crippen molar-refractivity contribution in [1.29, 1.82) is 0 Å². The molecule has 24 heavy (non-hydrogen) atoms. The Labute approximate surface area is 145 Å². The van der Waals surface area contributed by atoms with E-state index in [1.54, 1.807) is 18.3 Å². The maximum atomic E-state index is 12.3. The predicted octanol–water partition coefficient (Wildman–Crippen LogP) is 3.21. The highest BCUT2D eigenvalue weighted by molar-refractivity contribution is 6.30. The van der Waals surface area contributed by atoms with E-state index in [1.807, 2.05) is 35.2 Å². The van der Waals surface area contributed by atoms with E-state index in [2.05, 4.69) is 9.97 Å². The molecular formula is C18H18ClN3O2. The largest absolute Gasteiger partial charge is 0.474 e. The summed E-state index contributed by atoms with van der Waals surface area (Å²) in [5.41, 5.74) is 0.953. The smallest absolute Gasteiger partial charge is 0.246 e. The van der Waals surface area contributed by atoms with Crippen molar-refractivity contribution in [3.63, 3.8) is 0 Å². The van der Waals surface area contributed by atoms with Crippen LogP contribution in [0.1, 0.15) is 18.4 Å². The number of carbonyl (C=O) groups excluding carboxylic acids is 1. The molecule has 124 valence electrons. The number of benzene rings is 1. The summed E-state index contributed by atoms with van der Waals surface area (Å²) in [6, 6.07) is 9.12. The van der Waals surface area contributed by atoms with Gasteiger partial charge in [0.2, 0.25) is 11.8 Å². The zero-order valence-electron chi connectivity index (χ0n) is 13.1. The molecule has 1 saturated heterocycles. The summed E-state index contributed by atoms with van der Waals surface area (Å²) in [6.45, 7) is 1.36. The van der Waals surface area contributed by atoms with E-state index in [4.69, 9.17) is 16.3 Å². The van der Waals surface area contributed by atoms with Gasteiger partial charge < -0.3 is 9.64 Å². The van der Waals surface area contributed by atoms with Crippen LogP contribution in [0, 0.1) is 0 Å². The van der Waals surface area contributed by atoms with E-state index in [0.29, 0.717) is 24.0 Å². The minimum Gasteiger partial charge on any atom is -0.474 e. The highest BCUT2D eigenvalue weighted by Gasteiger charge is 2.22. The number of carbonyl (C=O) groups is 1. The summed E-state index contributed by atoms with van der Waals surface area (Å²) < 4.78 is 5.80. The molecule has 3 rings (SSSR count). The van der Waals surface area contributed by atoms with Gasteiger partial charge in [-0.2, -0.15) is 0 Å². The second-order valence-corrected chi connectivity index (χ2v) is 6.01. The lowest BCUT2D eigenvalue weighted by molar-refractivity contribution is -0.127. The van der Waals surface area contributed by atoms with Crippen molar-refractivity contribution in [1.82, 2.24) is 14.9 Å². The van der Waals surface area contributed by atoms with Crippen LogP contribution in [-0.4, -0.2) is 40.0 Å². The summed E-state index contributed by atoms with van der Waals surface area (Å²) in [6.07, 6.45) is 8.22. The van der Waals surface area contributed by atoms with Gasteiger partial charge >= 0.3 is 0 Å². The van der Waals surface area contributed by atoms with Gasteiger partial charge in [-0.1, -0.05) is 23.7 Å². The van der Waals surface area contributed by atoms with Gasteiger partial charge in [-0.25, -0.2) is 9.97 Å². The number of aromatic nitrogens is 2. The van der Waals surface area contributed by atoms with E-state index in [-0.39, 0.29) is 12.0 Å². The van der Waals surface area contributed by atoms with Gasteiger partial charge in [0.15, 0.2) is 0 Å². The SMILES string of the molecule is O=C(/C=C/c1ccc(Cl)cc1)N1CCC(Oc2ccncn2)CC1. The van der Waals surface area contributed by atoms with Crippen LogP contribution in [0.5, 0.6) is 5.88 Å². The average molecular weight is 344 g/mol. The van der Waals surface area contributed by atoms with Gasteiger partial charge in [-0.05, 0) is 23.8 Å². The van der Waals surface area contributed by atoms with Crippen molar-refractivity contribution in [3.8, 4) is 5.88 Å². The van der Waals surface area contributed by atoms with Crippen LogP contribution < -0.4 is 4.74 Å². The predicted molar refractivity (Wildman–Crippen MR) is 92.7 cm³/mol. The van der Waals surface area contributed by atoms with Crippen molar-refractivity contribution in [2.45, 2.75) is 18.9 Å². The van der Waals surface area contributed by atoms with Gasteiger partial charge in [0.05, 0.1) is 0 Å². The van der Waals surface area contributed by atoms with Crippen molar-refractivity contribution in [2.75, 3.05) is 13.1 Å². The van der Waals surface area contributed by atoms with Gasteiger partial charge in [-0.15, -0.1) is 0 Å². The number of halogens is 1. The molecule has 5 nitrogen and oxygen atoms in total. The normalized spacial score (nSPS) is 15.6. The number of amides is 1. The third-order valence-electron chi connectivity index (χ3n) is 3.88. The van der Waals surface area contributed by atoms with E-state index in [9.17, 15) is 4.79 Å². The molecule has 2 heterocycles. The monoisotopic (exact) mass is 343 g/mol. The summed E-state index contributed by atoms with van der Waals surface area (Å²) >= 11 is 5.85. The first-order chi connectivity index (χ1) is 11.7. The van der Waals surface area contributed by atoms with Gasteiger partial charge in [0.25, 0.3) is 0 Å². The molecule has 1 aliphatic heterocycles. The van der Waals surface area contributed by atoms with E-state index >= 15 is 0 Å². The lowest BCUT2D eigenvalue weighted by Crippen LogP contribution is -2.41. The number of likely N-dealkylation sites (tertiary alicyclic amines) is 1. The Bertz CT molecular complexity index is 696. The molecule has 0 unspecified atom stereocenters. The Hall–Kier alpha value is -2.40. The average Bonchev–Trinajstić information content (AvgIpc) is 2.62. The molecule has 0 aliphatic carbocycles. The molecule has 0 saturated carbocycles. The van der Waals surface area contributed by atoms with Crippen LogP contribution in [0.15, 0.2) is 48.9 Å². The highest BCUT2D eigenvalue weighted by atomic mass is 35.5. The third-order valence-corrected chi connectivity index (χ3v) is 4.14. The van der Waals surface area contributed by atoms with Crippen LogP contribution >= 0.6 is 11.6 Å². The molecule has 0 bridgehead atoms. The van der Waals surface area contributed by atoms with E-state index in [0.717, 1.165) is 18.4 Å². The van der Waals surface area contributed by atoms with Crippen LogP contribution in [0.4, 0.5) is 0 Å². The Morgan fingerprint density at radius 2 is 1.96 bits per heavy atom. The molecule has 0 N–H and O–H groups in total. The maximum absolute atomic E-state index is 12.3. The topological polar surface area (TPSA) is 55.3 Å². The lowest BCUT2D eigenvalue weighted by atomic mass is 10.1. The number of rotatable bonds is 4.